The number of ether oxygens (including phenoxy) is 2. The van der Waals surface area contributed by atoms with E-state index in [9.17, 15) is 9.59 Å². The first-order valence-electron chi connectivity index (χ1n) is 6.78. The minimum absolute atomic E-state index is 0.0262. The summed E-state index contributed by atoms with van der Waals surface area (Å²) in [6, 6.07) is 6.68. The monoisotopic (exact) mass is 292 g/mol. The Morgan fingerprint density at radius 2 is 1.71 bits per heavy atom. The van der Waals surface area contributed by atoms with Crippen LogP contribution in [0.3, 0.4) is 0 Å². The number of carbonyl (C=O) groups is 2. The largest absolute Gasteiger partial charge is 0.480 e. The van der Waals surface area contributed by atoms with Crippen molar-refractivity contribution in [1.82, 2.24) is 0 Å². The zero-order chi connectivity index (χ0) is 15.7. The van der Waals surface area contributed by atoms with E-state index in [0.717, 1.165) is 0 Å². The second-order valence-corrected chi connectivity index (χ2v) is 4.23. The van der Waals surface area contributed by atoms with Crippen LogP contribution in [0.4, 0.5) is 5.69 Å². The Labute approximate surface area is 124 Å². The van der Waals surface area contributed by atoms with Crippen molar-refractivity contribution < 1.29 is 19.1 Å². The van der Waals surface area contributed by atoms with Gasteiger partial charge in [0.25, 0.3) is 0 Å². The Hall–Kier alpha value is -2.37. The molecule has 0 aliphatic heterocycles. The maximum absolute atomic E-state index is 11.5. The van der Waals surface area contributed by atoms with Gasteiger partial charge in [0.05, 0.1) is 30.9 Å². The molecule has 0 heterocycles. The van der Waals surface area contributed by atoms with Gasteiger partial charge in [-0.05, 0) is 45.0 Å². The smallest absolute Gasteiger partial charge is 0.338 e. The average Bonchev–Trinajstić information content (AvgIpc) is 2.45. The predicted octanol–water partition coefficient (Wildman–Crippen LogP) is 2.60. The molecule has 0 aliphatic carbocycles. The highest BCUT2D eigenvalue weighted by molar-refractivity contribution is 5.97. The van der Waals surface area contributed by atoms with E-state index in [2.05, 4.69) is 10.5 Å². The van der Waals surface area contributed by atoms with Crippen molar-refractivity contribution in [2.45, 2.75) is 27.2 Å². The molecule has 6 heteroatoms. The fourth-order valence-corrected chi connectivity index (χ4v) is 1.52. The third-order valence-corrected chi connectivity index (χ3v) is 2.42. The lowest BCUT2D eigenvalue weighted by molar-refractivity contribution is -0.116. The number of Topliss-reactive ketones (excluding diaryl/α,β-unsaturated/α-hetero) is 1. The summed E-state index contributed by atoms with van der Waals surface area (Å²) in [5.74, 6) is -0.0553. The molecule has 0 aliphatic rings. The predicted molar refractivity (Wildman–Crippen MR) is 80.4 cm³/mol. The van der Waals surface area contributed by atoms with E-state index >= 15 is 0 Å². The minimum Gasteiger partial charge on any atom is -0.480 e. The summed E-state index contributed by atoms with van der Waals surface area (Å²) in [6.45, 7) is 5.83. The summed E-state index contributed by atoms with van der Waals surface area (Å²) < 4.78 is 10.2. The summed E-state index contributed by atoms with van der Waals surface area (Å²) in [4.78, 5) is 22.6. The first-order chi connectivity index (χ1) is 10.1. The average molecular weight is 292 g/mol. The van der Waals surface area contributed by atoms with Crippen LogP contribution in [-0.2, 0) is 14.3 Å². The van der Waals surface area contributed by atoms with Crippen LogP contribution in [0, 0.1) is 0 Å². The number of benzene rings is 1. The molecule has 21 heavy (non-hydrogen) atoms. The minimum atomic E-state index is -0.362. The van der Waals surface area contributed by atoms with Crippen molar-refractivity contribution in [3.05, 3.63) is 29.8 Å². The summed E-state index contributed by atoms with van der Waals surface area (Å²) in [6.07, 6.45) is 0.141. The number of hydrazone groups is 1. The van der Waals surface area contributed by atoms with Crippen LogP contribution in [-0.4, -0.2) is 30.9 Å². The zero-order valence-electron chi connectivity index (χ0n) is 12.5. The number of anilines is 1. The molecule has 1 aromatic carbocycles. The molecule has 0 radical (unpaired) electrons. The summed E-state index contributed by atoms with van der Waals surface area (Å²) in [5.41, 5.74) is 3.95. The number of nitrogens with one attached hydrogen (secondary N) is 1. The van der Waals surface area contributed by atoms with Gasteiger partial charge in [-0.25, -0.2) is 4.79 Å². The first-order valence-corrected chi connectivity index (χ1v) is 6.78. The topological polar surface area (TPSA) is 77.0 Å². The van der Waals surface area contributed by atoms with Crippen LogP contribution < -0.4 is 5.43 Å². The van der Waals surface area contributed by atoms with Gasteiger partial charge in [-0.1, -0.05) is 0 Å². The van der Waals surface area contributed by atoms with E-state index in [0.29, 0.717) is 30.4 Å². The number of rotatable bonds is 7. The highest BCUT2D eigenvalue weighted by Gasteiger charge is 2.06. The molecule has 6 nitrogen and oxygen atoms in total. The van der Waals surface area contributed by atoms with Crippen LogP contribution in [0.25, 0.3) is 0 Å². The van der Waals surface area contributed by atoms with E-state index in [4.69, 9.17) is 9.47 Å². The molecule has 0 saturated carbocycles. The van der Waals surface area contributed by atoms with Crippen molar-refractivity contribution in [2.75, 3.05) is 18.6 Å². The van der Waals surface area contributed by atoms with Crippen molar-refractivity contribution in [2.24, 2.45) is 5.10 Å². The van der Waals surface area contributed by atoms with E-state index in [1.165, 1.54) is 6.92 Å². The van der Waals surface area contributed by atoms with Gasteiger partial charge in [-0.15, -0.1) is 5.10 Å². The molecule has 1 aromatic rings. The number of nitrogens with zero attached hydrogens (tertiary/aromatic N) is 1. The maximum Gasteiger partial charge on any atom is 0.338 e. The van der Waals surface area contributed by atoms with E-state index in [-0.39, 0.29) is 18.2 Å². The van der Waals surface area contributed by atoms with Crippen LogP contribution in [0.5, 0.6) is 0 Å². The first kappa shape index (κ1) is 16.7. The molecule has 0 atom stereocenters. The molecule has 1 rings (SSSR count). The third kappa shape index (κ3) is 6.07. The van der Waals surface area contributed by atoms with Crippen LogP contribution in [0.15, 0.2) is 29.4 Å². The maximum atomic E-state index is 11.5. The highest BCUT2D eigenvalue weighted by atomic mass is 16.5. The van der Waals surface area contributed by atoms with Gasteiger partial charge in [0.1, 0.15) is 5.78 Å². The number of ketones is 1. The van der Waals surface area contributed by atoms with Gasteiger partial charge >= 0.3 is 5.97 Å². The molecule has 0 saturated heterocycles. The number of hydrogen-bond donors (Lipinski definition) is 1. The quantitative estimate of drug-likeness (QED) is 0.362. The Morgan fingerprint density at radius 3 is 2.24 bits per heavy atom. The van der Waals surface area contributed by atoms with Gasteiger partial charge in [-0.2, -0.15) is 0 Å². The van der Waals surface area contributed by atoms with Gasteiger partial charge in [0.15, 0.2) is 0 Å². The Morgan fingerprint density at radius 1 is 1.10 bits per heavy atom. The van der Waals surface area contributed by atoms with Crippen molar-refractivity contribution >= 4 is 23.3 Å². The third-order valence-electron chi connectivity index (χ3n) is 2.42. The molecular formula is C15H20N2O4. The van der Waals surface area contributed by atoms with E-state index < -0.39 is 0 Å². The van der Waals surface area contributed by atoms with Crippen molar-refractivity contribution in [3.8, 4) is 0 Å². The second kappa shape index (κ2) is 8.73. The number of hydrogen-bond acceptors (Lipinski definition) is 6. The second-order valence-electron chi connectivity index (χ2n) is 4.23. The Bertz CT molecular complexity index is 509. The summed E-state index contributed by atoms with van der Waals surface area (Å²) in [5, 5.41) is 4.04. The molecule has 0 amide bonds. The Kier molecular flexibility index (Phi) is 6.94. The summed E-state index contributed by atoms with van der Waals surface area (Å²) >= 11 is 0. The van der Waals surface area contributed by atoms with Crippen LogP contribution >= 0.6 is 0 Å². The highest BCUT2D eigenvalue weighted by Crippen LogP contribution is 2.11. The molecule has 0 unspecified atom stereocenters. The zero-order valence-corrected chi connectivity index (χ0v) is 12.5. The van der Waals surface area contributed by atoms with Gasteiger partial charge in [-0.3, -0.25) is 10.2 Å². The van der Waals surface area contributed by atoms with Gasteiger partial charge in [0, 0.05) is 0 Å². The number of esters is 1. The lowest BCUT2D eigenvalue weighted by atomic mass is 10.2. The fraction of sp³-hybridized carbons (Fsp3) is 0.400. The Balaban J connectivity index is 2.69. The van der Waals surface area contributed by atoms with E-state index in [1.54, 1.807) is 31.2 Å². The standard InChI is InChI=1S/C15H20N2O4/c1-4-20-14(10-11(3)18)17-16-13-8-6-12(7-9-13)15(19)21-5-2/h6-9,16H,4-5,10H2,1-3H3. The molecule has 0 bridgehead atoms. The SMILES string of the molecule is CCOC(=O)c1ccc(NN=C(CC(C)=O)OCC)cc1. The van der Waals surface area contributed by atoms with Crippen molar-refractivity contribution in [1.29, 1.82) is 0 Å². The molecule has 1 N–H and O–H groups in total. The molecule has 0 spiro atoms. The van der Waals surface area contributed by atoms with E-state index in [1.807, 2.05) is 6.92 Å². The summed E-state index contributed by atoms with van der Waals surface area (Å²) in [7, 11) is 0. The van der Waals surface area contributed by atoms with Crippen molar-refractivity contribution in [3.63, 3.8) is 0 Å². The van der Waals surface area contributed by atoms with Gasteiger partial charge < -0.3 is 9.47 Å². The van der Waals surface area contributed by atoms with Gasteiger partial charge in [0.2, 0.25) is 5.90 Å². The molecule has 0 fully saturated rings. The van der Waals surface area contributed by atoms with Crippen LogP contribution in [0.2, 0.25) is 0 Å². The molecule has 114 valence electrons. The normalized spacial score (nSPS) is 10.9. The van der Waals surface area contributed by atoms with Crippen LogP contribution in [0.1, 0.15) is 37.6 Å². The number of carbonyl (C=O) groups excluding carboxylic acids is 2. The molecular weight excluding hydrogens is 272 g/mol. The fourth-order valence-electron chi connectivity index (χ4n) is 1.52. The molecule has 0 aromatic heterocycles. The lowest BCUT2D eigenvalue weighted by Crippen LogP contribution is -2.11. The lowest BCUT2D eigenvalue weighted by Gasteiger charge is -2.07.